The summed E-state index contributed by atoms with van der Waals surface area (Å²) >= 11 is 0. The van der Waals surface area contributed by atoms with E-state index in [9.17, 15) is 0 Å². The molecule has 0 rings (SSSR count). The molecule has 0 fully saturated rings. The Balaban J connectivity index is 4.21. The molecule has 2 N–H and O–H groups in total. The second-order valence-corrected chi connectivity index (χ2v) is 8.46. The fourth-order valence-electron chi connectivity index (χ4n) is 0.718. The minimum atomic E-state index is -1.36. The van der Waals surface area contributed by atoms with Crippen LogP contribution in [-0.4, -0.2) is 31.5 Å². The molecule has 10 heavy (non-hydrogen) atoms. The number of hydrogen-bond acceptors (Lipinski definition) is 2. The maximum Gasteiger partial charge on any atom is 0.0751 e. The Morgan fingerprint density at radius 3 is 1.90 bits per heavy atom. The topological polar surface area (TPSA) is 40.5 Å². The molecule has 2 nitrogen and oxygen atoms in total. The van der Waals surface area contributed by atoms with Crippen molar-refractivity contribution >= 4 is 8.07 Å². The molecule has 0 unspecified atom stereocenters. The van der Waals surface area contributed by atoms with Gasteiger partial charge in [0.1, 0.15) is 0 Å². The maximum absolute atomic E-state index is 8.85. The van der Waals surface area contributed by atoms with E-state index in [4.69, 9.17) is 10.2 Å². The first-order valence-electron chi connectivity index (χ1n) is 3.43. The molecular weight excluding hydrogens is 144 g/mol. The maximum atomic E-state index is 8.85. The Hall–Kier alpha value is -0.123. The van der Waals surface area contributed by atoms with Crippen LogP contribution in [0.1, 0.15) is 0 Å². The van der Waals surface area contributed by atoms with E-state index in [2.05, 4.69) is 19.6 Å². The molecule has 0 aromatic heterocycles. The van der Waals surface area contributed by atoms with Crippen molar-refractivity contribution in [2.24, 2.45) is 0 Å². The van der Waals surface area contributed by atoms with Crippen molar-refractivity contribution < 1.29 is 10.2 Å². The summed E-state index contributed by atoms with van der Waals surface area (Å²) in [6.07, 6.45) is 1.71. The van der Waals surface area contributed by atoms with Gasteiger partial charge in [-0.15, -0.1) is 0 Å². The summed E-state index contributed by atoms with van der Waals surface area (Å²) in [5.74, 6) is 0. The van der Waals surface area contributed by atoms with Crippen molar-refractivity contribution in [3.8, 4) is 0 Å². The number of hydrogen-bond donors (Lipinski definition) is 2. The van der Waals surface area contributed by atoms with Crippen molar-refractivity contribution in [3.63, 3.8) is 0 Å². The first-order valence-corrected chi connectivity index (χ1v) is 6.93. The molecular formula is C7H16O2Si. The summed E-state index contributed by atoms with van der Waals surface area (Å²) in [7, 11) is -1.36. The predicted molar refractivity (Wildman–Crippen MR) is 45.6 cm³/mol. The van der Waals surface area contributed by atoms with Crippen molar-refractivity contribution in [1.29, 1.82) is 0 Å². The van der Waals surface area contributed by atoms with E-state index in [-0.39, 0.29) is 13.2 Å². The van der Waals surface area contributed by atoms with Crippen LogP contribution in [0.2, 0.25) is 19.6 Å². The van der Waals surface area contributed by atoms with Gasteiger partial charge in [-0.3, -0.25) is 0 Å². The highest BCUT2D eigenvalue weighted by Gasteiger charge is 2.17. The van der Waals surface area contributed by atoms with Crippen LogP contribution < -0.4 is 0 Å². The molecule has 0 bridgehead atoms. The number of aliphatic hydroxyl groups is 2. The molecule has 3 heteroatoms. The second-order valence-electron chi connectivity index (χ2n) is 3.32. The molecule has 0 aliphatic heterocycles. The van der Waals surface area contributed by atoms with Gasteiger partial charge in [-0.25, -0.2) is 0 Å². The van der Waals surface area contributed by atoms with Gasteiger partial charge in [0.05, 0.1) is 21.3 Å². The van der Waals surface area contributed by atoms with Gasteiger partial charge in [-0.1, -0.05) is 30.9 Å². The van der Waals surface area contributed by atoms with Crippen LogP contribution in [0.5, 0.6) is 0 Å². The van der Waals surface area contributed by atoms with Crippen molar-refractivity contribution in [1.82, 2.24) is 0 Å². The smallest absolute Gasteiger partial charge is 0.0751 e. The minimum absolute atomic E-state index is 0.0418. The van der Waals surface area contributed by atoms with Gasteiger partial charge in [-0.05, 0) is 0 Å². The van der Waals surface area contributed by atoms with Crippen LogP contribution in [0, 0.1) is 0 Å². The first-order chi connectivity index (χ1) is 4.52. The Labute approximate surface area is 63.2 Å². The molecule has 0 aromatic carbocycles. The third-order valence-electron chi connectivity index (χ3n) is 1.47. The van der Waals surface area contributed by atoms with Crippen LogP contribution in [0.3, 0.4) is 0 Å². The molecule has 0 aromatic rings. The van der Waals surface area contributed by atoms with Gasteiger partial charge in [-0.2, -0.15) is 0 Å². The fourth-order valence-corrected chi connectivity index (χ4v) is 1.90. The lowest BCUT2D eigenvalue weighted by Gasteiger charge is -2.18. The van der Waals surface area contributed by atoms with Crippen LogP contribution in [0.15, 0.2) is 11.3 Å². The van der Waals surface area contributed by atoms with Crippen LogP contribution in [0.25, 0.3) is 0 Å². The largest absolute Gasteiger partial charge is 0.392 e. The van der Waals surface area contributed by atoms with Gasteiger partial charge in [0.25, 0.3) is 0 Å². The van der Waals surface area contributed by atoms with Gasteiger partial charge in [0.15, 0.2) is 0 Å². The second kappa shape index (κ2) is 3.90. The lowest BCUT2D eigenvalue weighted by atomic mass is 10.5. The molecule has 0 heterocycles. The average Bonchev–Trinajstić information content (AvgIpc) is 1.80. The van der Waals surface area contributed by atoms with E-state index in [1.54, 1.807) is 6.08 Å². The van der Waals surface area contributed by atoms with Gasteiger partial charge < -0.3 is 10.2 Å². The lowest BCUT2D eigenvalue weighted by molar-refractivity contribution is 0.325. The zero-order valence-corrected chi connectivity index (χ0v) is 7.89. The molecule has 0 aliphatic rings. The molecule has 60 valence electrons. The summed E-state index contributed by atoms with van der Waals surface area (Å²) < 4.78 is 0. The average molecular weight is 160 g/mol. The standard InChI is InChI=1S/C7H16O2Si/c1-10(2,3)7(6-9)4-5-8/h4,8-9H,5-6H2,1-3H3/b7-4+. The summed E-state index contributed by atoms with van der Waals surface area (Å²) in [5.41, 5.74) is 0. The van der Waals surface area contributed by atoms with Crippen LogP contribution in [-0.2, 0) is 0 Å². The molecule has 0 saturated heterocycles. The normalized spacial score (nSPS) is 13.9. The van der Waals surface area contributed by atoms with Crippen molar-refractivity contribution in [2.45, 2.75) is 19.6 Å². The summed E-state index contributed by atoms with van der Waals surface area (Å²) in [6, 6.07) is 0. The zero-order valence-electron chi connectivity index (χ0n) is 6.89. The van der Waals surface area contributed by atoms with E-state index in [0.717, 1.165) is 5.20 Å². The summed E-state index contributed by atoms with van der Waals surface area (Å²) in [5, 5.41) is 18.4. The van der Waals surface area contributed by atoms with Gasteiger partial charge in [0, 0.05) is 0 Å². The highest BCUT2D eigenvalue weighted by molar-refractivity contribution is 6.83. The van der Waals surface area contributed by atoms with Crippen molar-refractivity contribution in [2.75, 3.05) is 13.2 Å². The quantitative estimate of drug-likeness (QED) is 0.599. The van der Waals surface area contributed by atoms with Crippen LogP contribution >= 0.6 is 0 Å². The molecule has 0 amide bonds. The first kappa shape index (κ1) is 9.88. The Kier molecular flexibility index (Phi) is 3.86. The van der Waals surface area contributed by atoms with E-state index >= 15 is 0 Å². The zero-order chi connectivity index (χ0) is 8.20. The summed E-state index contributed by atoms with van der Waals surface area (Å²) in [4.78, 5) is 0. The third kappa shape index (κ3) is 3.15. The fraction of sp³-hybridized carbons (Fsp3) is 0.714. The van der Waals surface area contributed by atoms with Gasteiger partial charge in [0.2, 0.25) is 0 Å². The van der Waals surface area contributed by atoms with Crippen LogP contribution in [0.4, 0.5) is 0 Å². The number of rotatable bonds is 3. The van der Waals surface area contributed by atoms with Crippen molar-refractivity contribution in [3.05, 3.63) is 11.3 Å². The van der Waals surface area contributed by atoms with E-state index in [1.165, 1.54) is 0 Å². The predicted octanol–water partition coefficient (Wildman–Crippen LogP) is 0.775. The molecule has 0 atom stereocenters. The monoisotopic (exact) mass is 160 g/mol. The molecule has 0 radical (unpaired) electrons. The lowest BCUT2D eigenvalue weighted by Crippen LogP contribution is -2.26. The molecule has 0 spiro atoms. The highest BCUT2D eigenvalue weighted by atomic mass is 28.3. The summed E-state index contributed by atoms with van der Waals surface area (Å²) in [6.45, 7) is 6.57. The van der Waals surface area contributed by atoms with E-state index < -0.39 is 8.07 Å². The Morgan fingerprint density at radius 2 is 1.80 bits per heavy atom. The number of aliphatic hydroxyl groups excluding tert-OH is 2. The Morgan fingerprint density at radius 1 is 1.30 bits per heavy atom. The third-order valence-corrected chi connectivity index (χ3v) is 3.76. The molecule has 0 saturated carbocycles. The van der Waals surface area contributed by atoms with Gasteiger partial charge >= 0.3 is 0 Å². The minimum Gasteiger partial charge on any atom is -0.392 e. The van der Waals surface area contributed by atoms with E-state index in [0.29, 0.717) is 0 Å². The SMILES string of the molecule is C[Si](C)(C)/C(=C/CO)CO. The molecule has 0 aliphatic carbocycles. The Bertz CT molecular complexity index is 124. The van der Waals surface area contributed by atoms with E-state index in [1.807, 2.05) is 0 Å². The highest BCUT2D eigenvalue weighted by Crippen LogP contribution is 2.12.